The number of anilines is 2. The van der Waals surface area contributed by atoms with Crippen molar-refractivity contribution >= 4 is 27.3 Å². The Morgan fingerprint density at radius 1 is 1.13 bits per heavy atom. The first-order valence-electron chi connectivity index (χ1n) is 9.27. The zero-order valence-corrected chi connectivity index (χ0v) is 18.1. The zero-order valence-electron chi connectivity index (χ0n) is 17.3. The van der Waals surface area contributed by atoms with E-state index in [2.05, 4.69) is 15.5 Å². The van der Waals surface area contributed by atoms with Gasteiger partial charge in [0.1, 0.15) is 17.2 Å². The Morgan fingerprint density at radius 2 is 1.83 bits per heavy atom. The molecule has 2 aromatic carbocycles. The number of aromatic nitrogens is 2. The Kier molecular flexibility index (Phi) is 6.12. The molecule has 158 valence electrons. The minimum Gasteiger partial charge on any atom is -0.497 e. The second-order valence-corrected chi connectivity index (χ2v) is 8.69. The minimum atomic E-state index is -4.03. The number of nitrogens with one attached hydrogen (secondary N) is 2. The lowest BCUT2D eigenvalue weighted by molar-refractivity contribution is -0.114. The summed E-state index contributed by atoms with van der Waals surface area (Å²) in [5, 5.41) is 9.41. The molecule has 1 amide bonds. The first-order chi connectivity index (χ1) is 14.2. The largest absolute Gasteiger partial charge is 0.497 e. The van der Waals surface area contributed by atoms with Gasteiger partial charge in [-0.05, 0) is 45.0 Å². The van der Waals surface area contributed by atoms with Crippen LogP contribution in [0.2, 0.25) is 0 Å². The summed E-state index contributed by atoms with van der Waals surface area (Å²) in [5.41, 5.74) is 2.64. The van der Waals surface area contributed by atoms with E-state index in [0.717, 1.165) is 9.87 Å². The summed E-state index contributed by atoms with van der Waals surface area (Å²) in [5.74, 6) is 0.103. The third kappa shape index (κ3) is 4.46. The molecule has 30 heavy (non-hydrogen) atoms. The SMILES string of the molecule is COc1cccc(NC(=O)CN(c2ccc(C)cc2)S(=O)(=O)c2c(C)n[nH]c2C)c1. The fourth-order valence-corrected chi connectivity index (χ4v) is 4.85. The topological polar surface area (TPSA) is 104 Å². The smallest absolute Gasteiger partial charge is 0.268 e. The van der Waals surface area contributed by atoms with Crippen LogP contribution in [0.4, 0.5) is 11.4 Å². The lowest BCUT2D eigenvalue weighted by Gasteiger charge is -2.24. The molecule has 0 unspecified atom stereocenters. The van der Waals surface area contributed by atoms with E-state index in [0.29, 0.717) is 28.5 Å². The van der Waals surface area contributed by atoms with Crippen LogP contribution in [0.15, 0.2) is 53.4 Å². The summed E-state index contributed by atoms with van der Waals surface area (Å²) in [6, 6.07) is 13.8. The van der Waals surface area contributed by atoms with Crippen molar-refractivity contribution in [2.45, 2.75) is 25.7 Å². The van der Waals surface area contributed by atoms with Crippen molar-refractivity contribution in [2.24, 2.45) is 0 Å². The molecule has 9 heteroatoms. The number of hydrogen-bond donors (Lipinski definition) is 2. The molecule has 3 rings (SSSR count). The van der Waals surface area contributed by atoms with Crippen LogP contribution in [0.5, 0.6) is 5.75 Å². The van der Waals surface area contributed by atoms with Gasteiger partial charge in [0.05, 0.1) is 24.2 Å². The lowest BCUT2D eigenvalue weighted by Crippen LogP contribution is -2.38. The van der Waals surface area contributed by atoms with Crippen molar-refractivity contribution in [2.75, 3.05) is 23.3 Å². The van der Waals surface area contributed by atoms with Crippen LogP contribution in [0, 0.1) is 20.8 Å². The van der Waals surface area contributed by atoms with Crippen molar-refractivity contribution in [3.63, 3.8) is 0 Å². The van der Waals surface area contributed by atoms with Crippen molar-refractivity contribution in [1.29, 1.82) is 0 Å². The first kappa shape index (κ1) is 21.4. The minimum absolute atomic E-state index is 0.0669. The van der Waals surface area contributed by atoms with E-state index in [-0.39, 0.29) is 4.90 Å². The van der Waals surface area contributed by atoms with E-state index < -0.39 is 22.5 Å². The van der Waals surface area contributed by atoms with Crippen LogP contribution in [0.3, 0.4) is 0 Å². The van der Waals surface area contributed by atoms with Gasteiger partial charge in [0.15, 0.2) is 0 Å². The van der Waals surface area contributed by atoms with Gasteiger partial charge in [-0.3, -0.25) is 14.2 Å². The van der Waals surface area contributed by atoms with Gasteiger partial charge in [-0.25, -0.2) is 8.42 Å². The van der Waals surface area contributed by atoms with Gasteiger partial charge in [0.25, 0.3) is 10.0 Å². The van der Waals surface area contributed by atoms with Crippen LogP contribution in [0.1, 0.15) is 17.0 Å². The number of aromatic amines is 1. The van der Waals surface area contributed by atoms with Crippen LogP contribution in [0.25, 0.3) is 0 Å². The van der Waals surface area contributed by atoms with Gasteiger partial charge in [-0.1, -0.05) is 23.8 Å². The molecule has 2 N–H and O–H groups in total. The second kappa shape index (κ2) is 8.58. The van der Waals surface area contributed by atoms with Gasteiger partial charge in [-0.2, -0.15) is 5.10 Å². The summed E-state index contributed by atoms with van der Waals surface area (Å²) in [6.07, 6.45) is 0. The predicted octanol–water partition coefficient (Wildman–Crippen LogP) is 3.18. The number of rotatable bonds is 7. The maximum atomic E-state index is 13.5. The normalized spacial score (nSPS) is 11.2. The van der Waals surface area contributed by atoms with Gasteiger partial charge in [-0.15, -0.1) is 0 Å². The summed E-state index contributed by atoms with van der Waals surface area (Å²) >= 11 is 0. The van der Waals surface area contributed by atoms with Gasteiger partial charge < -0.3 is 10.1 Å². The highest BCUT2D eigenvalue weighted by molar-refractivity contribution is 7.93. The molecular weight excluding hydrogens is 404 g/mol. The highest BCUT2D eigenvalue weighted by Crippen LogP contribution is 2.27. The highest BCUT2D eigenvalue weighted by atomic mass is 32.2. The molecule has 0 spiro atoms. The molecule has 0 saturated heterocycles. The lowest BCUT2D eigenvalue weighted by atomic mass is 10.2. The molecule has 0 saturated carbocycles. The number of carbonyl (C=O) groups is 1. The molecule has 8 nitrogen and oxygen atoms in total. The predicted molar refractivity (Wildman–Crippen MR) is 115 cm³/mol. The van der Waals surface area contributed by atoms with Gasteiger partial charge in [0.2, 0.25) is 5.91 Å². The Labute approximate surface area is 175 Å². The Hall–Kier alpha value is -3.33. The monoisotopic (exact) mass is 428 g/mol. The zero-order chi connectivity index (χ0) is 21.9. The Morgan fingerprint density at radius 3 is 2.43 bits per heavy atom. The number of nitrogens with zero attached hydrogens (tertiary/aromatic N) is 2. The quantitative estimate of drug-likeness (QED) is 0.601. The van der Waals surface area contributed by atoms with E-state index in [1.54, 1.807) is 62.4 Å². The van der Waals surface area contributed by atoms with Gasteiger partial charge >= 0.3 is 0 Å². The number of benzene rings is 2. The average molecular weight is 429 g/mol. The molecule has 1 aromatic heterocycles. The average Bonchev–Trinajstić information content (AvgIpc) is 3.06. The molecule has 0 aliphatic carbocycles. The maximum Gasteiger partial charge on any atom is 0.268 e. The van der Waals surface area contributed by atoms with Crippen molar-refractivity contribution in [3.8, 4) is 5.75 Å². The number of H-pyrrole nitrogens is 1. The number of ether oxygens (including phenoxy) is 1. The van der Waals surface area contributed by atoms with Crippen LogP contribution in [-0.4, -0.2) is 38.2 Å². The van der Waals surface area contributed by atoms with Crippen molar-refractivity contribution in [3.05, 3.63) is 65.5 Å². The summed E-state index contributed by atoms with van der Waals surface area (Å²) in [7, 11) is -2.50. The summed E-state index contributed by atoms with van der Waals surface area (Å²) in [4.78, 5) is 12.8. The van der Waals surface area contributed by atoms with Crippen molar-refractivity contribution in [1.82, 2.24) is 10.2 Å². The van der Waals surface area contributed by atoms with E-state index in [1.807, 2.05) is 6.92 Å². The van der Waals surface area contributed by atoms with Crippen LogP contribution >= 0.6 is 0 Å². The molecule has 0 radical (unpaired) electrons. The number of hydrogen-bond acceptors (Lipinski definition) is 5. The van der Waals surface area contributed by atoms with Crippen LogP contribution < -0.4 is 14.4 Å². The second-order valence-electron chi connectivity index (χ2n) is 6.89. The fourth-order valence-electron chi connectivity index (χ4n) is 3.09. The van der Waals surface area contributed by atoms with Gasteiger partial charge in [0, 0.05) is 11.8 Å². The molecule has 1 heterocycles. The number of carbonyl (C=O) groups excluding carboxylic acids is 1. The van der Waals surface area contributed by atoms with E-state index in [4.69, 9.17) is 4.74 Å². The van der Waals surface area contributed by atoms with E-state index in [9.17, 15) is 13.2 Å². The third-order valence-electron chi connectivity index (χ3n) is 4.57. The molecule has 0 aliphatic rings. The van der Waals surface area contributed by atoms with Crippen LogP contribution in [-0.2, 0) is 14.8 Å². The third-order valence-corrected chi connectivity index (χ3v) is 6.61. The standard InChI is InChI=1S/C21H24N4O4S/c1-14-8-10-18(11-9-14)25(30(27,28)21-15(2)23-24-16(21)3)13-20(26)22-17-6-5-7-19(12-17)29-4/h5-12H,13H2,1-4H3,(H,22,26)(H,23,24). The summed E-state index contributed by atoms with van der Waals surface area (Å²) in [6.45, 7) is 4.76. The number of methoxy groups -OCH3 is 1. The highest BCUT2D eigenvalue weighted by Gasteiger charge is 2.31. The number of amides is 1. The van der Waals surface area contributed by atoms with E-state index in [1.165, 1.54) is 7.11 Å². The molecule has 3 aromatic rings. The summed E-state index contributed by atoms with van der Waals surface area (Å²) < 4.78 is 33.2. The number of sulfonamides is 1. The molecule has 0 atom stereocenters. The molecular formula is C21H24N4O4S. The maximum absolute atomic E-state index is 13.5. The first-order valence-corrected chi connectivity index (χ1v) is 10.7. The van der Waals surface area contributed by atoms with Crippen molar-refractivity contribution < 1.29 is 17.9 Å². The molecule has 0 bridgehead atoms. The molecule has 0 fully saturated rings. The van der Waals surface area contributed by atoms with E-state index >= 15 is 0 Å². The number of aryl methyl sites for hydroxylation is 3. The Bertz CT molecular complexity index is 1130. The molecule has 0 aliphatic heterocycles. The Balaban J connectivity index is 1.96. The fraction of sp³-hybridized carbons (Fsp3) is 0.238.